The van der Waals surface area contributed by atoms with Gasteiger partial charge in [0.25, 0.3) is 0 Å². The molecule has 0 aliphatic heterocycles. The van der Waals surface area contributed by atoms with Crippen LogP contribution in [0.1, 0.15) is 26.2 Å². The van der Waals surface area contributed by atoms with Crippen molar-refractivity contribution in [3.63, 3.8) is 0 Å². The van der Waals surface area contributed by atoms with Crippen molar-refractivity contribution in [3.8, 4) is 0 Å². The van der Waals surface area contributed by atoms with Gasteiger partial charge in [-0.2, -0.15) is 13.2 Å². The zero-order valence-corrected chi connectivity index (χ0v) is 8.32. The standard InChI is InChI=1S/C9H15F3O2/c1-7(6-14-2)3-4-8(13,5-7)9(10,11)12/h13H,3-6H2,1-2H3. The topological polar surface area (TPSA) is 29.5 Å². The van der Waals surface area contributed by atoms with Gasteiger partial charge < -0.3 is 9.84 Å². The minimum Gasteiger partial charge on any atom is -0.384 e. The number of methoxy groups -OCH3 is 1. The molecule has 0 amide bonds. The highest BCUT2D eigenvalue weighted by atomic mass is 19.4. The summed E-state index contributed by atoms with van der Waals surface area (Å²) in [4.78, 5) is 0. The van der Waals surface area contributed by atoms with Crippen LogP contribution in [0.4, 0.5) is 13.2 Å². The number of rotatable bonds is 2. The summed E-state index contributed by atoms with van der Waals surface area (Å²) in [5, 5.41) is 9.41. The molecule has 0 bridgehead atoms. The van der Waals surface area contributed by atoms with Gasteiger partial charge in [-0.15, -0.1) is 0 Å². The van der Waals surface area contributed by atoms with E-state index >= 15 is 0 Å². The van der Waals surface area contributed by atoms with Gasteiger partial charge in [0, 0.05) is 7.11 Å². The molecule has 1 N–H and O–H groups in total. The molecule has 0 aromatic heterocycles. The number of hydrogen-bond acceptors (Lipinski definition) is 2. The minimum absolute atomic E-state index is 0.226. The van der Waals surface area contributed by atoms with Crippen LogP contribution in [0.2, 0.25) is 0 Å². The van der Waals surface area contributed by atoms with Gasteiger partial charge in [-0.25, -0.2) is 0 Å². The lowest BCUT2D eigenvalue weighted by Gasteiger charge is -2.29. The largest absolute Gasteiger partial charge is 0.417 e. The average molecular weight is 212 g/mol. The Morgan fingerprint density at radius 2 is 1.93 bits per heavy atom. The SMILES string of the molecule is COCC1(C)CCC(O)(C(F)(F)F)C1. The Labute approximate surface area is 81.1 Å². The summed E-state index contributed by atoms with van der Waals surface area (Å²) in [5.74, 6) is 0. The number of alkyl halides is 3. The molecule has 1 aliphatic carbocycles. The first-order valence-electron chi connectivity index (χ1n) is 4.51. The quantitative estimate of drug-likeness (QED) is 0.759. The van der Waals surface area contributed by atoms with E-state index in [1.165, 1.54) is 7.11 Å². The van der Waals surface area contributed by atoms with Gasteiger partial charge in [0.15, 0.2) is 5.60 Å². The molecule has 5 heteroatoms. The van der Waals surface area contributed by atoms with Crippen LogP contribution < -0.4 is 0 Å². The van der Waals surface area contributed by atoms with Crippen LogP contribution in [0.3, 0.4) is 0 Å². The van der Waals surface area contributed by atoms with E-state index in [2.05, 4.69) is 0 Å². The van der Waals surface area contributed by atoms with E-state index in [0.717, 1.165) is 0 Å². The summed E-state index contributed by atoms with van der Waals surface area (Å²) in [7, 11) is 1.45. The lowest BCUT2D eigenvalue weighted by atomic mass is 9.87. The predicted octanol–water partition coefficient (Wildman–Crippen LogP) is 2.12. The molecule has 1 saturated carbocycles. The molecular formula is C9H15F3O2. The van der Waals surface area contributed by atoms with Crippen molar-refractivity contribution in [2.75, 3.05) is 13.7 Å². The van der Waals surface area contributed by atoms with Crippen LogP contribution in [-0.4, -0.2) is 30.6 Å². The number of halogens is 3. The van der Waals surface area contributed by atoms with E-state index in [9.17, 15) is 18.3 Å². The number of hydrogen-bond donors (Lipinski definition) is 1. The fourth-order valence-electron chi connectivity index (χ4n) is 2.10. The maximum absolute atomic E-state index is 12.4. The molecule has 0 heterocycles. The summed E-state index contributed by atoms with van der Waals surface area (Å²) in [6, 6.07) is 0. The fourth-order valence-corrected chi connectivity index (χ4v) is 2.10. The van der Waals surface area contributed by atoms with E-state index in [0.29, 0.717) is 6.42 Å². The summed E-state index contributed by atoms with van der Waals surface area (Å²) in [5.41, 5.74) is -3.07. The average Bonchev–Trinajstić information content (AvgIpc) is 2.28. The van der Waals surface area contributed by atoms with Crippen molar-refractivity contribution in [2.45, 2.75) is 38.0 Å². The van der Waals surface area contributed by atoms with Gasteiger partial charge in [0.2, 0.25) is 0 Å². The molecule has 0 radical (unpaired) electrons. The van der Waals surface area contributed by atoms with Gasteiger partial charge in [-0.1, -0.05) is 6.92 Å². The maximum Gasteiger partial charge on any atom is 0.417 e. The van der Waals surface area contributed by atoms with Crippen LogP contribution in [-0.2, 0) is 4.74 Å². The summed E-state index contributed by atoms with van der Waals surface area (Å²) >= 11 is 0. The highest BCUT2D eigenvalue weighted by Crippen LogP contribution is 2.51. The van der Waals surface area contributed by atoms with Crippen molar-refractivity contribution < 1.29 is 23.0 Å². The Bertz CT molecular complexity index is 217. The van der Waals surface area contributed by atoms with Crippen LogP contribution in [0.25, 0.3) is 0 Å². The molecule has 0 aromatic carbocycles. The monoisotopic (exact) mass is 212 g/mol. The highest BCUT2D eigenvalue weighted by molar-refractivity contribution is 5.00. The smallest absolute Gasteiger partial charge is 0.384 e. The summed E-state index contributed by atoms with van der Waals surface area (Å²) < 4.78 is 42.2. The molecule has 0 spiro atoms. The van der Waals surface area contributed by atoms with Gasteiger partial charge in [0.1, 0.15) is 0 Å². The van der Waals surface area contributed by atoms with E-state index in [1.807, 2.05) is 0 Å². The lowest BCUT2D eigenvalue weighted by Crippen LogP contribution is -2.43. The number of aliphatic hydroxyl groups is 1. The van der Waals surface area contributed by atoms with Crippen LogP contribution in [0.5, 0.6) is 0 Å². The summed E-state index contributed by atoms with van der Waals surface area (Å²) in [6.07, 6.45) is -4.68. The van der Waals surface area contributed by atoms with Gasteiger partial charge in [-0.3, -0.25) is 0 Å². The molecule has 0 aromatic rings. The van der Waals surface area contributed by atoms with Gasteiger partial charge in [-0.05, 0) is 24.7 Å². The molecule has 1 aliphatic rings. The predicted molar refractivity (Wildman–Crippen MR) is 44.8 cm³/mol. The Balaban J connectivity index is 2.73. The third-order valence-electron chi connectivity index (χ3n) is 2.88. The van der Waals surface area contributed by atoms with Crippen molar-refractivity contribution >= 4 is 0 Å². The molecular weight excluding hydrogens is 197 g/mol. The normalized spacial score (nSPS) is 39.0. The van der Waals surface area contributed by atoms with Crippen molar-refractivity contribution in [3.05, 3.63) is 0 Å². The third-order valence-corrected chi connectivity index (χ3v) is 2.88. The molecule has 1 fully saturated rings. The first-order valence-corrected chi connectivity index (χ1v) is 4.51. The van der Waals surface area contributed by atoms with E-state index in [-0.39, 0.29) is 19.4 Å². The lowest BCUT2D eigenvalue weighted by molar-refractivity contribution is -0.260. The van der Waals surface area contributed by atoms with Crippen LogP contribution in [0, 0.1) is 5.41 Å². The first kappa shape index (κ1) is 11.8. The Morgan fingerprint density at radius 3 is 2.29 bits per heavy atom. The second-order valence-corrected chi connectivity index (χ2v) is 4.45. The summed E-state index contributed by atoms with van der Waals surface area (Å²) in [6.45, 7) is 1.96. The van der Waals surface area contributed by atoms with Crippen LogP contribution >= 0.6 is 0 Å². The van der Waals surface area contributed by atoms with E-state index < -0.39 is 17.2 Å². The van der Waals surface area contributed by atoms with Crippen molar-refractivity contribution in [2.24, 2.45) is 5.41 Å². The van der Waals surface area contributed by atoms with E-state index in [4.69, 9.17) is 4.74 Å². The molecule has 2 nitrogen and oxygen atoms in total. The fraction of sp³-hybridized carbons (Fsp3) is 1.00. The maximum atomic E-state index is 12.4. The molecule has 14 heavy (non-hydrogen) atoms. The molecule has 2 unspecified atom stereocenters. The van der Waals surface area contributed by atoms with E-state index in [1.54, 1.807) is 6.92 Å². The Morgan fingerprint density at radius 1 is 1.36 bits per heavy atom. The highest BCUT2D eigenvalue weighted by Gasteiger charge is 2.60. The molecule has 2 atom stereocenters. The first-order chi connectivity index (χ1) is 6.22. The number of ether oxygens (including phenoxy) is 1. The minimum atomic E-state index is -4.53. The molecule has 1 rings (SSSR count). The zero-order chi connectivity index (χ0) is 11.0. The molecule has 0 saturated heterocycles. The van der Waals surface area contributed by atoms with Crippen molar-refractivity contribution in [1.82, 2.24) is 0 Å². The van der Waals surface area contributed by atoms with Crippen molar-refractivity contribution in [1.29, 1.82) is 0 Å². The Kier molecular flexibility index (Phi) is 2.84. The van der Waals surface area contributed by atoms with Crippen LogP contribution in [0.15, 0.2) is 0 Å². The molecule has 84 valence electrons. The third kappa shape index (κ3) is 2.03. The second-order valence-electron chi connectivity index (χ2n) is 4.45. The zero-order valence-electron chi connectivity index (χ0n) is 8.32. The second kappa shape index (κ2) is 3.38. The Hall–Kier alpha value is -0.290. The van der Waals surface area contributed by atoms with Gasteiger partial charge >= 0.3 is 6.18 Å². The van der Waals surface area contributed by atoms with Gasteiger partial charge in [0.05, 0.1) is 6.61 Å².